The van der Waals surface area contributed by atoms with Crippen LogP contribution in [-0.4, -0.2) is 18.9 Å². The average Bonchev–Trinajstić information content (AvgIpc) is 2.48. The molecule has 4 aliphatic rings. The number of carbonyl (C=O) groups is 1. The summed E-state index contributed by atoms with van der Waals surface area (Å²) < 4.78 is 11.9. The molecule has 0 aliphatic heterocycles. The molecule has 0 aromatic carbocycles. The molecule has 4 bridgehead atoms. The topological polar surface area (TPSA) is 35.5 Å². The van der Waals surface area contributed by atoms with Gasteiger partial charge in [-0.2, -0.15) is 0 Å². The van der Waals surface area contributed by atoms with Crippen molar-refractivity contribution in [3.05, 3.63) is 0 Å². The summed E-state index contributed by atoms with van der Waals surface area (Å²) in [5, 5.41) is 0. The number of hydrogen-bond acceptors (Lipinski definition) is 3. The van der Waals surface area contributed by atoms with Crippen LogP contribution in [0.15, 0.2) is 0 Å². The second-order valence-corrected chi connectivity index (χ2v) is 9.09. The SMILES string of the molecule is CCC(C)C(=O)OC(OCC12CC3CC(CC(C3)C1)C2)C(C)C. The van der Waals surface area contributed by atoms with Crippen molar-refractivity contribution in [1.82, 2.24) is 0 Å². The second-order valence-electron chi connectivity index (χ2n) is 9.09. The van der Waals surface area contributed by atoms with Gasteiger partial charge in [0.05, 0.1) is 12.5 Å². The van der Waals surface area contributed by atoms with Crippen molar-refractivity contribution in [2.24, 2.45) is 35.0 Å². The van der Waals surface area contributed by atoms with E-state index in [0.717, 1.165) is 30.8 Å². The third-order valence-electron chi connectivity index (χ3n) is 6.51. The molecule has 2 atom stereocenters. The lowest BCUT2D eigenvalue weighted by atomic mass is 9.50. The van der Waals surface area contributed by atoms with E-state index in [1.165, 1.54) is 38.5 Å². The zero-order chi connectivity index (χ0) is 16.6. The average molecular weight is 322 g/mol. The molecule has 0 amide bonds. The fourth-order valence-corrected chi connectivity index (χ4v) is 5.49. The molecule has 3 heteroatoms. The highest BCUT2D eigenvalue weighted by Gasteiger charge is 2.51. The summed E-state index contributed by atoms with van der Waals surface area (Å²) in [6.45, 7) is 8.89. The van der Waals surface area contributed by atoms with Crippen LogP contribution in [0.3, 0.4) is 0 Å². The number of hydrogen-bond donors (Lipinski definition) is 0. The standard InChI is InChI=1S/C20H34O3/c1-5-14(4)18(21)23-19(13(2)3)22-12-20-9-15-6-16(10-20)8-17(7-15)11-20/h13-17,19H,5-12H2,1-4H3. The van der Waals surface area contributed by atoms with Gasteiger partial charge in [-0.3, -0.25) is 4.79 Å². The van der Waals surface area contributed by atoms with Crippen molar-refractivity contribution >= 4 is 5.97 Å². The summed E-state index contributed by atoms with van der Waals surface area (Å²) in [5.74, 6) is 2.85. The molecule has 4 rings (SSSR count). The Hall–Kier alpha value is -0.570. The predicted octanol–water partition coefficient (Wildman–Crippen LogP) is 4.79. The first-order valence-corrected chi connectivity index (χ1v) is 9.73. The van der Waals surface area contributed by atoms with E-state index < -0.39 is 0 Å². The molecule has 4 fully saturated rings. The Labute approximate surface area is 141 Å². The molecule has 4 saturated carbocycles. The Morgan fingerprint density at radius 3 is 2.00 bits per heavy atom. The van der Waals surface area contributed by atoms with Crippen molar-refractivity contribution in [3.63, 3.8) is 0 Å². The maximum atomic E-state index is 12.1. The van der Waals surface area contributed by atoms with Crippen LogP contribution in [0.1, 0.15) is 72.6 Å². The van der Waals surface area contributed by atoms with Crippen LogP contribution >= 0.6 is 0 Å². The van der Waals surface area contributed by atoms with Gasteiger partial charge in [0.1, 0.15) is 0 Å². The van der Waals surface area contributed by atoms with E-state index in [9.17, 15) is 4.79 Å². The molecule has 0 aromatic rings. The first-order chi connectivity index (χ1) is 10.9. The summed E-state index contributed by atoms with van der Waals surface area (Å²) in [4.78, 5) is 12.1. The second kappa shape index (κ2) is 6.74. The van der Waals surface area contributed by atoms with E-state index in [-0.39, 0.29) is 24.1 Å². The molecule has 0 N–H and O–H groups in total. The highest BCUT2D eigenvalue weighted by Crippen LogP contribution is 2.60. The van der Waals surface area contributed by atoms with Gasteiger partial charge in [-0.1, -0.05) is 27.7 Å². The quantitative estimate of drug-likeness (QED) is 0.499. The molecule has 132 valence electrons. The van der Waals surface area contributed by atoms with Gasteiger partial charge in [-0.05, 0) is 68.1 Å². The van der Waals surface area contributed by atoms with Crippen LogP contribution in [0.4, 0.5) is 0 Å². The van der Waals surface area contributed by atoms with Gasteiger partial charge in [0.25, 0.3) is 0 Å². The Morgan fingerprint density at radius 1 is 1.04 bits per heavy atom. The van der Waals surface area contributed by atoms with Crippen molar-refractivity contribution in [2.75, 3.05) is 6.61 Å². The summed E-state index contributed by atoms with van der Waals surface area (Å²) in [6, 6.07) is 0. The van der Waals surface area contributed by atoms with Crippen LogP contribution in [0.5, 0.6) is 0 Å². The monoisotopic (exact) mass is 322 g/mol. The minimum absolute atomic E-state index is 0.0422. The highest BCUT2D eigenvalue weighted by atomic mass is 16.7. The number of rotatable bonds is 7. The number of esters is 1. The first kappa shape index (κ1) is 17.3. The van der Waals surface area contributed by atoms with Gasteiger partial charge in [-0.25, -0.2) is 0 Å². The Balaban J connectivity index is 1.58. The van der Waals surface area contributed by atoms with Crippen LogP contribution in [0.2, 0.25) is 0 Å². The van der Waals surface area contributed by atoms with Crippen molar-refractivity contribution in [3.8, 4) is 0 Å². The predicted molar refractivity (Wildman–Crippen MR) is 90.7 cm³/mol. The maximum absolute atomic E-state index is 12.1. The van der Waals surface area contributed by atoms with Gasteiger partial charge in [0.15, 0.2) is 0 Å². The highest BCUT2D eigenvalue weighted by molar-refractivity contribution is 5.72. The third kappa shape index (κ3) is 3.75. The molecule has 3 nitrogen and oxygen atoms in total. The number of carbonyl (C=O) groups excluding carboxylic acids is 1. The minimum Gasteiger partial charge on any atom is -0.435 e. The van der Waals surface area contributed by atoms with E-state index in [0.29, 0.717) is 5.41 Å². The van der Waals surface area contributed by atoms with E-state index in [1.807, 2.05) is 13.8 Å². The lowest BCUT2D eigenvalue weighted by Gasteiger charge is -2.56. The lowest BCUT2D eigenvalue weighted by Crippen LogP contribution is -2.49. The molecule has 2 unspecified atom stereocenters. The van der Waals surface area contributed by atoms with Gasteiger partial charge in [0.2, 0.25) is 6.29 Å². The smallest absolute Gasteiger partial charge is 0.310 e. The molecular formula is C20H34O3. The molecule has 0 radical (unpaired) electrons. The molecule has 4 aliphatic carbocycles. The van der Waals surface area contributed by atoms with E-state index in [1.54, 1.807) is 0 Å². The van der Waals surface area contributed by atoms with E-state index >= 15 is 0 Å². The van der Waals surface area contributed by atoms with Crippen LogP contribution in [0.25, 0.3) is 0 Å². The lowest BCUT2D eigenvalue weighted by molar-refractivity contribution is -0.210. The first-order valence-electron chi connectivity index (χ1n) is 9.73. The van der Waals surface area contributed by atoms with Gasteiger partial charge in [-0.15, -0.1) is 0 Å². The Morgan fingerprint density at radius 2 is 1.57 bits per heavy atom. The molecule has 0 heterocycles. The zero-order valence-corrected chi connectivity index (χ0v) is 15.3. The normalized spacial score (nSPS) is 37.9. The summed E-state index contributed by atoms with van der Waals surface area (Å²) in [6.07, 6.45) is 8.81. The Kier molecular flexibility index (Phi) is 5.06. The maximum Gasteiger partial charge on any atom is 0.310 e. The molecule has 0 spiro atoms. The van der Waals surface area contributed by atoms with Crippen molar-refractivity contribution < 1.29 is 14.3 Å². The Bertz CT molecular complexity index is 393. The minimum atomic E-state index is -0.385. The van der Waals surface area contributed by atoms with Gasteiger partial charge < -0.3 is 9.47 Å². The van der Waals surface area contributed by atoms with Crippen molar-refractivity contribution in [2.45, 2.75) is 78.9 Å². The van der Waals surface area contributed by atoms with E-state index in [4.69, 9.17) is 9.47 Å². The fraction of sp³-hybridized carbons (Fsp3) is 0.950. The summed E-state index contributed by atoms with van der Waals surface area (Å²) in [7, 11) is 0. The summed E-state index contributed by atoms with van der Waals surface area (Å²) in [5.41, 5.74) is 0.380. The fourth-order valence-electron chi connectivity index (χ4n) is 5.49. The van der Waals surface area contributed by atoms with Gasteiger partial charge >= 0.3 is 5.97 Å². The van der Waals surface area contributed by atoms with Crippen molar-refractivity contribution in [1.29, 1.82) is 0 Å². The third-order valence-corrected chi connectivity index (χ3v) is 6.51. The zero-order valence-electron chi connectivity index (χ0n) is 15.3. The van der Waals surface area contributed by atoms with Crippen LogP contribution in [0, 0.1) is 35.0 Å². The molecule has 0 aromatic heterocycles. The van der Waals surface area contributed by atoms with Crippen LogP contribution in [-0.2, 0) is 14.3 Å². The summed E-state index contributed by atoms with van der Waals surface area (Å²) >= 11 is 0. The van der Waals surface area contributed by atoms with Gasteiger partial charge in [0, 0.05) is 5.92 Å². The molecular weight excluding hydrogens is 288 g/mol. The van der Waals surface area contributed by atoms with Crippen LogP contribution < -0.4 is 0 Å². The van der Waals surface area contributed by atoms with E-state index in [2.05, 4.69) is 13.8 Å². The largest absolute Gasteiger partial charge is 0.435 e. The number of ether oxygens (including phenoxy) is 2. The molecule has 23 heavy (non-hydrogen) atoms. The molecule has 0 saturated heterocycles.